The maximum Gasteiger partial charge on any atom is 0.319 e. The van der Waals surface area contributed by atoms with Gasteiger partial charge in [0.1, 0.15) is 11.4 Å². The molecule has 10 heteroatoms. The summed E-state index contributed by atoms with van der Waals surface area (Å²) in [4.78, 5) is 28.8. The second-order valence-electron chi connectivity index (χ2n) is 9.34. The van der Waals surface area contributed by atoms with E-state index in [0.717, 1.165) is 33.3 Å². The molecule has 4 aromatic rings. The van der Waals surface area contributed by atoms with Gasteiger partial charge < -0.3 is 19.9 Å². The number of para-hydroxylation sites is 1. The average Bonchev–Trinajstić information content (AvgIpc) is 3.46. The smallest absolute Gasteiger partial charge is 0.319 e. The number of carbonyl (C=O) groups is 2. The van der Waals surface area contributed by atoms with E-state index < -0.39 is 0 Å². The molecule has 1 saturated heterocycles. The Labute approximate surface area is 208 Å². The number of aromatic nitrogens is 4. The van der Waals surface area contributed by atoms with Crippen LogP contribution in [0.3, 0.4) is 0 Å². The van der Waals surface area contributed by atoms with Crippen molar-refractivity contribution >= 4 is 28.5 Å². The Hall–Kier alpha value is -4.34. The number of aryl methyl sites for hydroxylation is 2. The number of ether oxygens (including phenoxy) is 1. The quantitative estimate of drug-likeness (QED) is 0.445. The van der Waals surface area contributed by atoms with E-state index in [1.807, 2.05) is 42.9 Å². The minimum absolute atomic E-state index is 0.00225. The fraction of sp³-hybridized carbons (Fsp3) is 0.308. The van der Waals surface area contributed by atoms with Crippen molar-refractivity contribution in [2.24, 2.45) is 0 Å². The SMILES string of the molecule is COc1cc2[nH]nc(-c3cnn(C4CN(C(=O)N(C)C)C4)c3)c2cc1C(=O)Nc1c(C)cccc1C. The third-order valence-corrected chi connectivity index (χ3v) is 6.61. The summed E-state index contributed by atoms with van der Waals surface area (Å²) < 4.78 is 7.40. The van der Waals surface area contributed by atoms with E-state index in [2.05, 4.69) is 20.6 Å². The molecule has 10 nitrogen and oxygen atoms in total. The molecule has 186 valence electrons. The number of carbonyl (C=O) groups excluding carboxylic acids is 2. The summed E-state index contributed by atoms with van der Waals surface area (Å²) in [6, 6.07) is 9.59. The van der Waals surface area contributed by atoms with Gasteiger partial charge in [0, 0.05) is 56.1 Å². The van der Waals surface area contributed by atoms with Gasteiger partial charge in [0.05, 0.1) is 30.4 Å². The molecule has 1 aliphatic heterocycles. The predicted molar refractivity (Wildman–Crippen MR) is 137 cm³/mol. The van der Waals surface area contributed by atoms with Crippen LogP contribution in [0.1, 0.15) is 27.5 Å². The number of amides is 3. The Kier molecular flexibility index (Phi) is 5.87. The number of benzene rings is 2. The summed E-state index contributed by atoms with van der Waals surface area (Å²) in [5.41, 5.74) is 5.46. The standard InChI is InChI=1S/C26H29N7O3/c1-15-7-6-8-16(2)23(15)28-25(34)20-9-19-21(10-22(20)36-5)29-30-24(19)17-11-27-33(12-17)18-13-32(14-18)26(35)31(3)4/h6-12,18H,13-14H2,1-5H3,(H,28,34)(H,29,30). The maximum atomic E-state index is 13.3. The van der Waals surface area contributed by atoms with Crippen molar-refractivity contribution in [3.8, 4) is 17.0 Å². The van der Waals surface area contributed by atoms with Crippen molar-refractivity contribution in [3.63, 3.8) is 0 Å². The molecule has 0 spiro atoms. The molecular formula is C26H29N7O3. The number of hydrogen-bond donors (Lipinski definition) is 2. The van der Waals surface area contributed by atoms with E-state index in [1.165, 1.54) is 0 Å². The monoisotopic (exact) mass is 487 g/mol. The summed E-state index contributed by atoms with van der Waals surface area (Å²) in [7, 11) is 5.04. The van der Waals surface area contributed by atoms with Crippen LogP contribution < -0.4 is 10.1 Å². The average molecular weight is 488 g/mol. The first kappa shape index (κ1) is 23.4. The van der Waals surface area contributed by atoms with E-state index in [4.69, 9.17) is 4.74 Å². The highest BCUT2D eigenvalue weighted by Gasteiger charge is 2.33. The third-order valence-electron chi connectivity index (χ3n) is 6.61. The second-order valence-corrected chi connectivity index (χ2v) is 9.34. The molecule has 2 aromatic heterocycles. The molecule has 3 amide bonds. The Morgan fingerprint density at radius 3 is 2.56 bits per heavy atom. The van der Waals surface area contributed by atoms with Gasteiger partial charge in [-0.1, -0.05) is 18.2 Å². The first-order chi connectivity index (χ1) is 17.3. The molecule has 0 unspecified atom stereocenters. The lowest BCUT2D eigenvalue weighted by Gasteiger charge is -2.40. The molecule has 2 N–H and O–H groups in total. The van der Waals surface area contributed by atoms with Gasteiger partial charge in [-0.25, -0.2) is 4.79 Å². The van der Waals surface area contributed by atoms with Gasteiger partial charge in [-0.05, 0) is 31.0 Å². The number of hydrogen-bond acceptors (Lipinski definition) is 5. The van der Waals surface area contributed by atoms with Gasteiger partial charge in [-0.3, -0.25) is 14.6 Å². The van der Waals surface area contributed by atoms with Crippen LogP contribution in [-0.4, -0.2) is 76.0 Å². The first-order valence-corrected chi connectivity index (χ1v) is 11.7. The first-order valence-electron chi connectivity index (χ1n) is 11.7. The van der Waals surface area contributed by atoms with Crippen molar-refractivity contribution in [1.29, 1.82) is 0 Å². The Balaban J connectivity index is 1.43. The second kappa shape index (κ2) is 9.03. The predicted octanol–water partition coefficient (Wildman–Crippen LogP) is 3.84. The summed E-state index contributed by atoms with van der Waals surface area (Å²) in [5.74, 6) is 0.200. The van der Waals surface area contributed by atoms with Gasteiger partial charge >= 0.3 is 6.03 Å². The van der Waals surface area contributed by atoms with Crippen LogP contribution in [0.4, 0.5) is 10.5 Å². The normalized spacial score (nSPS) is 13.5. The van der Waals surface area contributed by atoms with Crippen molar-refractivity contribution in [1.82, 2.24) is 29.8 Å². The number of nitrogens with zero attached hydrogens (tertiary/aromatic N) is 5. The molecule has 36 heavy (non-hydrogen) atoms. The molecule has 1 aliphatic rings. The molecular weight excluding hydrogens is 458 g/mol. The van der Waals surface area contributed by atoms with Crippen molar-refractivity contribution in [2.75, 3.05) is 39.6 Å². The molecule has 1 fully saturated rings. The van der Waals surface area contributed by atoms with Gasteiger partial charge in [-0.15, -0.1) is 0 Å². The minimum atomic E-state index is -0.255. The lowest BCUT2D eigenvalue weighted by Crippen LogP contribution is -2.53. The number of fused-ring (bicyclic) bond motifs is 1. The topological polar surface area (TPSA) is 108 Å². The number of likely N-dealkylation sites (tertiary alicyclic amines) is 1. The summed E-state index contributed by atoms with van der Waals surface area (Å²) in [6.07, 6.45) is 3.69. The van der Waals surface area contributed by atoms with Crippen LogP contribution in [0.5, 0.6) is 5.75 Å². The molecule has 2 aromatic carbocycles. The third kappa shape index (κ3) is 4.04. The maximum absolute atomic E-state index is 13.3. The van der Waals surface area contributed by atoms with E-state index in [0.29, 0.717) is 30.1 Å². The van der Waals surface area contributed by atoms with Crippen LogP contribution >= 0.6 is 0 Å². The van der Waals surface area contributed by atoms with Crippen LogP contribution in [0.15, 0.2) is 42.7 Å². The molecule has 0 aliphatic carbocycles. The zero-order chi connectivity index (χ0) is 25.6. The number of nitrogens with one attached hydrogen (secondary N) is 2. The van der Waals surface area contributed by atoms with E-state index in [-0.39, 0.29) is 18.0 Å². The van der Waals surface area contributed by atoms with Crippen LogP contribution in [0.2, 0.25) is 0 Å². The number of rotatable bonds is 5. The Morgan fingerprint density at radius 2 is 1.89 bits per heavy atom. The van der Waals surface area contributed by atoms with E-state index in [1.54, 1.807) is 49.3 Å². The number of urea groups is 1. The van der Waals surface area contributed by atoms with Gasteiger partial charge in [0.15, 0.2) is 0 Å². The molecule has 0 radical (unpaired) electrons. The van der Waals surface area contributed by atoms with E-state index in [9.17, 15) is 9.59 Å². The zero-order valence-electron chi connectivity index (χ0n) is 21.0. The van der Waals surface area contributed by atoms with Crippen LogP contribution in [-0.2, 0) is 0 Å². The van der Waals surface area contributed by atoms with E-state index >= 15 is 0 Å². The van der Waals surface area contributed by atoms with Crippen molar-refractivity contribution in [3.05, 3.63) is 59.4 Å². The zero-order valence-corrected chi connectivity index (χ0v) is 21.0. The highest BCUT2D eigenvalue weighted by atomic mass is 16.5. The minimum Gasteiger partial charge on any atom is -0.496 e. The summed E-state index contributed by atoms with van der Waals surface area (Å²) >= 11 is 0. The number of H-pyrrole nitrogens is 1. The highest BCUT2D eigenvalue weighted by Crippen LogP contribution is 2.33. The lowest BCUT2D eigenvalue weighted by atomic mass is 10.0. The van der Waals surface area contributed by atoms with Gasteiger partial charge in [-0.2, -0.15) is 10.2 Å². The number of methoxy groups -OCH3 is 1. The summed E-state index contributed by atoms with van der Waals surface area (Å²) in [5, 5.41) is 15.9. The number of anilines is 1. The van der Waals surface area contributed by atoms with Crippen molar-refractivity contribution in [2.45, 2.75) is 19.9 Å². The fourth-order valence-electron chi connectivity index (χ4n) is 4.53. The number of aromatic amines is 1. The summed E-state index contributed by atoms with van der Waals surface area (Å²) in [6.45, 7) is 5.15. The Bertz CT molecular complexity index is 1440. The van der Waals surface area contributed by atoms with Gasteiger partial charge in [0.2, 0.25) is 0 Å². The molecule has 3 heterocycles. The highest BCUT2D eigenvalue weighted by molar-refractivity contribution is 6.10. The Morgan fingerprint density at radius 1 is 1.17 bits per heavy atom. The molecule has 0 saturated carbocycles. The lowest BCUT2D eigenvalue weighted by molar-refractivity contribution is 0.100. The largest absolute Gasteiger partial charge is 0.496 e. The van der Waals surface area contributed by atoms with Gasteiger partial charge in [0.25, 0.3) is 5.91 Å². The molecule has 5 rings (SSSR count). The van der Waals surface area contributed by atoms with Crippen molar-refractivity contribution < 1.29 is 14.3 Å². The molecule has 0 bridgehead atoms. The molecule has 0 atom stereocenters. The fourth-order valence-corrected chi connectivity index (χ4v) is 4.53. The van der Waals surface area contributed by atoms with Crippen LogP contribution in [0.25, 0.3) is 22.2 Å². The van der Waals surface area contributed by atoms with Crippen LogP contribution in [0, 0.1) is 13.8 Å².